The minimum absolute atomic E-state index is 0.0129. The predicted octanol–water partition coefficient (Wildman–Crippen LogP) is 1.99. The maximum Gasteiger partial charge on any atom is 0.262 e. The van der Waals surface area contributed by atoms with Gasteiger partial charge >= 0.3 is 0 Å². The van der Waals surface area contributed by atoms with Gasteiger partial charge in [-0.1, -0.05) is 31.2 Å². The Kier molecular flexibility index (Phi) is 3.92. The lowest BCUT2D eigenvalue weighted by Gasteiger charge is -2.17. The molecule has 0 amide bonds. The van der Waals surface area contributed by atoms with Crippen LogP contribution in [0.15, 0.2) is 35.4 Å². The number of aryl methyl sites for hydroxylation is 1. The first-order valence-corrected chi connectivity index (χ1v) is 9.14. The monoisotopic (exact) mass is 353 g/mol. The minimum Gasteiger partial charge on any atom is -0.545 e. The van der Waals surface area contributed by atoms with Crippen molar-refractivity contribution in [2.24, 2.45) is 5.92 Å². The minimum atomic E-state index is -1.20. The van der Waals surface area contributed by atoms with Crippen molar-refractivity contribution in [2.45, 2.75) is 32.7 Å². The number of benzene rings is 1. The Labute approximate surface area is 148 Å². The molecule has 0 saturated heterocycles. The molecular weight excluding hydrogens is 336 g/mol. The molecule has 0 aliphatic heterocycles. The number of carbonyl (C=O) groups excluding carboxylic acids is 1. The molecule has 0 spiro atoms. The topological polar surface area (TPSA) is 75.0 Å². The third kappa shape index (κ3) is 2.87. The van der Waals surface area contributed by atoms with Gasteiger partial charge in [-0.2, -0.15) is 0 Å². The molecule has 128 valence electrons. The van der Waals surface area contributed by atoms with Crippen LogP contribution in [0.2, 0.25) is 0 Å². The van der Waals surface area contributed by atoms with Gasteiger partial charge in [0.15, 0.2) is 0 Å². The molecule has 1 aromatic carbocycles. The van der Waals surface area contributed by atoms with Crippen LogP contribution in [0.1, 0.15) is 39.7 Å². The molecule has 2 aromatic heterocycles. The molecule has 1 aliphatic carbocycles. The van der Waals surface area contributed by atoms with Crippen molar-refractivity contribution in [3.63, 3.8) is 0 Å². The fourth-order valence-electron chi connectivity index (χ4n) is 3.42. The number of rotatable bonds is 3. The number of carbonyl (C=O) groups is 1. The second kappa shape index (κ2) is 6.11. The van der Waals surface area contributed by atoms with Crippen molar-refractivity contribution >= 4 is 27.5 Å². The molecule has 0 bridgehead atoms. The van der Waals surface area contributed by atoms with E-state index in [2.05, 4.69) is 11.9 Å². The van der Waals surface area contributed by atoms with E-state index < -0.39 is 5.97 Å². The van der Waals surface area contributed by atoms with Gasteiger partial charge in [0.2, 0.25) is 0 Å². The summed E-state index contributed by atoms with van der Waals surface area (Å²) in [6, 6.07) is 6.39. The summed E-state index contributed by atoms with van der Waals surface area (Å²) in [7, 11) is 0. The normalized spacial score (nSPS) is 16.8. The number of hydrogen-bond acceptors (Lipinski definition) is 5. The fraction of sp³-hybridized carbons (Fsp3) is 0.316. The number of carboxylic acid groups (broad SMARTS) is 1. The summed E-state index contributed by atoms with van der Waals surface area (Å²) in [6.07, 6.45) is 4.67. The summed E-state index contributed by atoms with van der Waals surface area (Å²) in [4.78, 5) is 30.4. The Morgan fingerprint density at radius 3 is 2.84 bits per heavy atom. The van der Waals surface area contributed by atoms with E-state index in [1.54, 1.807) is 34.4 Å². The van der Waals surface area contributed by atoms with Crippen molar-refractivity contribution in [3.05, 3.63) is 62.5 Å². The Hall–Kier alpha value is -2.47. The zero-order valence-corrected chi connectivity index (χ0v) is 14.6. The largest absolute Gasteiger partial charge is 0.545 e. The first-order chi connectivity index (χ1) is 12.0. The molecule has 2 heterocycles. The Balaban J connectivity index is 1.72. The molecule has 25 heavy (non-hydrogen) atoms. The lowest BCUT2D eigenvalue weighted by atomic mass is 9.89. The van der Waals surface area contributed by atoms with Crippen molar-refractivity contribution in [3.8, 4) is 0 Å². The second-order valence-electron chi connectivity index (χ2n) is 6.69. The molecule has 1 atom stereocenters. The van der Waals surface area contributed by atoms with Gasteiger partial charge in [0.1, 0.15) is 4.83 Å². The van der Waals surface area contributed by atoms with E-state index in [0.29, 0.717) is 12.5 Å². The van der Waals surface area contributed by atoms with Crippen molar-refractivity contribution in [1.29, 1.82) is 0 Å². The Morgan fingerprint density at radius 1 is 1.36 bits per heavy atom. The van der Waals surface area contributed by atoms with Gasteiger partial charge in [-0.3, -0.25) is 9.36 Å². The average Bonchev–Trinajstić information content (AvgIpc) is 2.96. The molecule has 4 rings (SSSR count). The van der Waals surface area contributed by atoms with Crippen LogP contribution in [0.25, 0.3) is 10.2 Å². The summed E-state index contributed by atoms with van der Waals surface area (Å²) >= 11 is 1.64. The van der Waals surface area contributed by atoms with Gasteiger partial charge in [0.05, 0.1) is 24.2 Å². The molecule has 0 fully saturated rings. The Bertz CT molecular complexity index is 1020. The second-order valence-corrected chi connectivity index (χ2v) is 7.78. The highest BCUT2D eigenvalue weighted by atomic mass is 32.1. The van der Waals surface area contributed by atoms with Crippen molar-refractivity contribution in [1.82, 2.24) is 9.55 Å². The average molecular weight is 353 g/mol. The van der Waals surface area contributed by atoms with Crippen LogP contribution in [0.3, 0.4) is 0 Å². The summed E-state index contributed by atoms with van der Waals surface area (Å²) in [6.45, 7) is 2.62. The SMILES string of the molecule is C[C@H]1CCc2c(sc3ncn(Cc4ccc(C(=O)[O-])cc4)c(=O)c23)C1. The van der Waals surface area contributed by atoms with Crippen LogP contribution >= 0.6 is 11.3 Å². The quantitative estimate of drug-likeness (QED) is 0.722. The summed E-state index contributed by atoms with van der Waals surface area (Å²) < 4.78 is 1.60. The Morgan fingerprint density at radius 2 is 2.12 bits per heavy atom. The van der Waals surface area contributed by atoms with Gasteiger partial charge in [0.25, 0.3) is 5.56 Å². The molecule has 6 heteroatoms. The van der Waals surface area contributed by atoms with Gasteiger partial charge in [-0.15, -0.1) is 11.3 Å². The first-order valence-electron chi connectivity index (χ1n) is 8.33. The summed E-state index contributed by atoms with van der Waals surface area (Å²) in [5, 5.41) is 11.6. The standard InChI is InChI=1S/C19H18N2O3S/c1-11-2-7-14-15(8-11)25-17-16(14)18(22)21(10-20-17)9-12-3-5-13(6-4-12)19(23)24/h3-6,10-11H,2,7-9H2,1H3,(H,23,24)/p-1/t11-/m0/s1. The number of hydrogen-bond donors (Lipinski definition) is 0. The number of aromatic nitrogens is 2. The van der Waals surface area contributed by atoms with E-state index in [0.717, 1.165) is 35.0 Å². The lowest BCUT2D eigenvalue weighted by Crippen LogP contribution is -2.23. The van der Waals surface area contributed by atoms with E-state index >= 15 is 0 Å². The lowest BCUT2D eigenvalue weighted by molar-refractivity contribution is -0.255. The molecule has 0 N–H and O–H groups in total. The molecule has 1 aliphatic rings. The van der Waals surface area contributed by atoms with Crippen LogP contribution in [0.5, 0.6) is 0 Å². The highest BCUT2D eigenvalue weighted by Crippen LogP contribution is 2.35. The predicted molar refractivity (Wildman–Crippen MR) is 94.9 cm³/mol. The molecule has 3 aromatic rings. The van der Waals surface area contributed by atoms with E-state index in [4.69, 9.17) is 0 Å². The maximum absolute atomic E-state index is 12.9. The van der Waals surface area contributed by atoms with E-state index in [1.807, 2.05) is 0 Å². The van der Waals surface area contributed by atoms with Crippen molar-refractivity contribution in [2.75, 3.05) is 0 Å². The van der Waals surface area contributed by atoms with Crippen molar-refractivity contribution < 1.29 is 9.90 Å². The van der Waals surface area contributed by atoms with Gasteiger partial charge < -0.3 is 9.90 Å². The number of fused-ring (bicyclic) bond motifs is 3. The molecule has 0 saturated carbocycles. The highest BCUT2D eigenvalue weighted by molar-refractivity contribution is 7.18. The summed E-state index contributed by atoms with van der Waals surface area (Å²) in [5.41, 5.74) is 2.15. The third-order valence-corrected chi connectivity index (χ3v) is 5.99. The third-order valence-electron chi connectivity index (χ3n) is 4.82. The van der Waals surface area contributed by atoms with Gasteiger partial charge in [0, 0.05) is 4.88 Å². The van der Waals surface area contributed by atoms with Gasteiger partial charge in [-0.05, 0) is 41.9 Å². The van der Waals surface area contributed by atoms with Crippen LogP contribution < -0.4 is 10.7 Å². The molecule has 0 radical (unpaired) electrons. The van der Waals surface area contributed by atoms with E-state index in [-0.39, 0.29) is 11.1 Å². The smallest absolute Gasteiger partial charge is 0.262 e. The number of carboxylic acids is 1. The molecule has 5 nitrogen and oxygen atoms in total. The van der Waals surface area contributed by atoms with Crippen LogP contribution in [-0.2, 0) is 19.4 Å². The van der Waals surface area contributed by atoms with E-state index in [1.165, 1.54) is 22.6 Å². The van der Waals surface area contributed by atoms with E-state index in [9.17, 15) is 14.7 Å². The molecular formula is C19H17N2O3S-. The van der Waals surface area contributed by atoms with Gasteiger partial charge in [-0.25, -0.2) is 4.98 Å². The summed E-state index contributed by atoms with van der Waals surface area (Å²) in [5.74, 6) is -0.545. The fourth-order valence-corrected chi connectivity index (χ4v) is 4.76. The maximum atomic E-state index is 12.9. The zero-order valence-electron chi connectivity index (χ0n) is 13.8. The number of aromatic carboxylic acids is 1. The highest BCUT2D eigenvalue weighted by Gasteiger charge is 2.23. The first kappa shape index (κ1) is 16.0. The number of nitrogens with zero attached hydrogens (tertiary/aromatic N) is 2. The molecule has 0 unspecified atom stereocenters. The van der Waals surface area contributed by atoms with Crippen LogP contribution in [-0.4, -0.2) is 15.5 Å². The zero-order chi connectivity index (χ0) is 17.6. The van der Waals surface area contributed by atoms with Crippen LogP contribution in [0, 0.1) is 5.92 Å². The van der Waals surface area contributed by atoms with Crippen LogP contribution in [0.4, 0.5) is 0 Å². The number of thiophene rings is 1.